The summed E-state index contributed by atoms with van der Waals surface area (Å²) >= 11 is 0. The maximum Gasteiger partial charge on any atom is 0.404 e. The van der Waals surface area contributed by atoms with E-state index in [0.29, 0.717) is 5.69 Å². The van der Waals surface area contributed by atoms with Crippen LogP contribution in [0.15, 0.2) is 30.7 Å². The van der Waals surface area contributed by atoms with E-state index >= 15 is 0 Å². The number of amides is 1. The van der Waals surface area contributed by atoms with E-state index in [-0.39, 0.29) is 6.54 Å². The predicted molar refractivity (Wildman–Crippen MR) is 61.3 cm³/mol. The second kappa shape index (κ2) is 4.65. The van der Waals surface area contributed by atoms with Gasteiger partial charge in [0.15, 0.2) is 0 Å². The molecule has 0 aromatic carbocycles. The van der Waals surface area contributed by atoms with Crippen LogP contribution >= 0.6 is 0 Å². The lowest BCUT2D eigenvalue weighted by Gasteiger charge is -2.01. The Morgan fingerprint density at radius 2 is 2.24 bits per heavy atom. The van der Waals surface area contributed by atoms with Gasteiger partial charge in [0.2, 0.25) is 0 Å². The minimum absolute atomic E-state index is 0.211. The maximum absolute atomic E-state index is 10.3. The lowest BCUT2D eigenvalue weighted by atomic mass is 10.1. The smallest absolute Gasteiger partial charge is 0.404 e. The third-order valence-corrected chi connectivity index (χ3v) is 2.28. The maximum atomic E-state index is 10.3. The molecule has 0 spiro atoms. The highest BCUT2D eigenvalue weighted by Crippen LogP contribution is 2.16. The van der Waals surface area contributed by atoms with Gasteiger partial charge in [0, 0.05) is 30.6 Å². The molecule has 6 heteroatoms. The molecule has 0 saturated carbocycles. The number of carboxylic acid groups (broad SMARTS) is 1. The van der Waals surface area contributed by atoms with E-state index in [4.69, 9.17) is 5.11 Å². The fourth-order valence-electron chi connectivity index (χ4n) is 1.44. The van der Waals surface area contributed by atoms with Crippen LogP contribution < -0.4 is 5.32 Å². The monoisotopic (exact) mass is 232 g/mol. The fourth-order valence-corrected chi connectivity index (χ4v) is 1.44. The second-order valence-corrected chi connectivity index (χ2v) is 3.60. The van der Waals surface area contributed by atoms with Crippen molar-refractivity contribution in [3.8, 4) is 11.1 Å². The van der Waals surface area contributed by atoms with Gasteiger partial charge in [-0.3, -0.25) is 9.67 Å². The third kappa shape index (κ3) is 2.81. The van der Waals surface area contributed by atoms with E-state index in [9.17, 15) is 4.79 Å². The van der Waals surface area contributed by atoms with Crippen molar-refractivity contribution in [3.63, 3.8) is 0 Å². The molecule has 2 heterocycles. The van der Waals surface area contributed by atoms with Crippen LogP contribution in [0.3, 0.4) is 0 Å². The first-order valence-electron chi connectivity index (χ1n) is 5.06. The molecule has 6 nitrogen and oxygen atoms in total. The van der Waals surface area contributed by atoms with Crippen molar-refractivity contribution in [1.29, 1.82) is 0 Å². The summed E-state index contributed by atoms with van der Waals surface area (Å²) in [4.78, 5) is 14.5. The van der Waals surface area contributed by atoms with Gasteiger partial charge >= 0.3 is 6.09 Å². The summed E-state index contributed by atoms with van der Waals surface area (Å²) in [6, 6.07) is 3.68. The second-order valence-electron chi connectivity index (χ2n) is 3.60. The quantitative estimate of drug-likeness (QED) is 0.834. The summed E-state index contributed by atoms with van der Waals surface area (Å²) in [5, 5.41) is 14.8. The largest absolute Gasteiger partial charge is 0.465 e. The highest BCUT2D eigenvalue weighted by atomic mass is 16.4. The zero-order chi connectivity index (χ0) is 12.3. The van der Waals surface area contributed by atoms with E-state index in [1.165, 1.54) is 0 Å². The Morgan fingerprint density at radius 3 is 2.76 bits per heavy atom. The fraction of sp³-hybridized carbons (Fsp3) is 0.182. The van der Waals surface area contributed by atoms with Gasteiger partial charge in [0.1, 0.15) is 0 Å². The molecule has 2 rings (SSSR count). The van der Waals surface area contributed by atoms with Crippen molar-refractivity contribution in [1.82, 2.24) is 20.1 Å². The van der Waals surface area contributed by atoms with Gasteiger partial charge in [0.25, 0.3) is 0 Å². The standard InChI is InChI=1S/C11H12N4O2/c1-15-7-9(5-14-15)8-2-3-10(12-4-8)6-13-11(16)17/h2-5,7,13H,6H2,1H3,(H,16,17). The number of hydrogen-bond donors (Lipinski definition) is 2. The number of nitrogens with zero attached hydrogens (tertiary/aromatic N) is 3. The highest BCUT2D eigenvalue weighted by molar-refractivity contribution is 5.64. The molecule has 88 valence electrons. The zero-order valence-corrected chi connectivity index (χ0v) is 9.29. The molecule has 0 aliphatic carbocycles. The van der Waals surface area contributed by atoms with Crippen molar-refractivity contribution >= 4 is 6.09 Å². The number of carbonyl (C=O) groups is 1. The summed E-state index contributed by atoms with van der Waals surface area (Å²) < 4.78 is 1.72. The molecule has 1 amide bonds. The molecule has 0 unspecified atom stereocenters. The predicted octanol–water partition coefficient (Wildman–Crippen LogP) is 1.25. The minimum Gasteiger partial charge on any atom is -0.465 e. The van der Waals surface area contributed by atoms with Gasteiger partial charge < -0.3 is 10.4 Å². The van der Waals surface area contributed by atoms with Gasteiger partial charge in [-0.2, -0.15) is 5.10 Å². The summed E-state index contributed by atoms with van der Waals surface area (Å²) in [7, 11) is 1.85. The van der Waals surface area contributed by atoms with Gasteiger partial charge in [-0.1, -0.05) is 6.07 Å². The first-order valence-corrected chi connectivity index (χ1v) is 5.06. The Morgan fingerprint density at radius 1 is 1.41 bits per heavy atom. The van der Waals surface area contributed by atoms with Gasteiger partial charge in [-0.15, -0.1) is 0 Å². The van der Waals surface area contributed by atoms with Crippen LogP contribution in [0.4, 0.5) is 4.79 Å². The number of aromatic nitrogens is 3. The van der Waals surface area contributed by atoms with Crippen molar-refractivity contribution in [2.24, 2.45) is 7.05 Å². The number of rotatable bonds is 3. The van der Waals surface area contributed by atoms with Crippen LogP contribution in [0.25, 0.3) is 11.1 Å². The van der Waals surface area contributed by atoms with E-state index in [1.807, 2.05) is 19.3 Å². The Hall–Kier alpha value is -2.37. The van der Waals surface area contributed by atoms with Crippen LogP contribution in [-0.2, 0) is 13.6 Å². The Kier molecular flexibility index (Phi) is 3.04. The lowest BCUT2D eigenvalue weighted by Crippen LogP contribution is -2.20. The third-order valence-electron chi connectivity index (χ3n) is 2.28. The molecular weight excluding hydrogens is 220 g/mol. The molecular formula is C11H12N4O2. The SMILES string of the molecule is Cn1cc(-c2ccc(CNC(=O)O)nc2)cn1. The van der Waals surface area contributed by atoms with Crippen molar-refractivity contribution in [3.05, 3.63) is 36.4 Å². The molecule has 0 atom stereocenters. The minimum atomic E-state index is -1.05. The molecule has 0 fully saturated rings. The van der Waals surface area contributed by atoms with Gasteiger partial charge in [0.05, 0.1) is 18.4 Å². The summed E-state index contributed by atoms with van der Waals surface area (Å²) in [5.74, 6) is 0. The number of aryl methyl sites for hydroxylation is 1. The van der Waals surface area contributed by atoms with Crippen LogP contribution in [-0.4, -0.2) is 26.0 Å². The van der Waals surface area contributed by atoms with Gasteiger partial charge in [-0.05, 0) is 6.07 Å². The molecule has 17 heavy (non-hydrogen) atoms. The van der Waals surface area contributed by atoms with Crippen molar-refractivity contribution < 1.29 is 9.90 Å². The number of pyridine rings is 1. The average molecular weight is 232 g/mol. The molecule has 2 aromatic rings. The van der Waals surface area contributed by atoms with E-state index in [1.54, 1.807) is 23.1 Å². The summed E-state index contributed by atoms with van der Waals surface area (Å²) in [6.07, 6.45) is 4.30. The first-order chi connectivity index (χ1) is 8.15. The topological polar surface area (TPSA) is 80.0 Å². The number of hydrogen-bond acceptors (Lipinski definition) is 3. The molecule has 0 aliphatic rings. The first kappa shape index (κ1) is 11.1. The average Bonchev–Trinajstić information content (AvgIpc) is 2.74. The Bertz CT molecular complexity index is 519. The molecule has 2 N–H and O–H groups in total. The number of nitrogens with one attached hydrogen (secondary N) is 1. The summed E-state index contributed by atoms with van der Waals surface area (Å²) in [6.45, 7) is 0.211. The lowest BCUT2D eigenvalue weighted by molar-refractivity contribution is 0.194. The molecule has 0 bridgehead atoms. The van der Waals surface area contributed by atoms with Crippen LogP contribution in [0, 0.1) is 0 Å². The van der Waals surface area contributed by atoms with E-state index < -0.39 is 6.09 Å². The Labute approximate surface area is 97.9 Å². The Balaban J connectivity index is 2.10. The van der Waals surface area contributed by atoms with Gasteiger partial charge in [-0.25, -0.2) is 4.79 Å². The summed E-state index contributed by atoms with van der Waals surface area (Å²) in [5.41, 5.74) is 2.62. The van der Waals surface area contributed by atoms with E-state index in [2.05, 4.69) is 15.4 Å². The zero-order valence-electron chi connectivity index (χ0n) is 9.29. The van der Waals surface area contributed by atoms with Crippen molar-refractivity contribution in [2.45, 2.75) is 6.54 Å². The van der Waals surface area contributed by atoms with Crippen molar-refractivity contribution in [2.75, 3.05) is 0 Å². The molecule has 2 aromatic heterocycles. The molecule has 0 radical (unpaired) electrons. The molecule has 0 aliphatic heterocycles. The highest BCUT2D eigenvalue weighted by Gasteiger charge is 2.02. The van der Waals surface area contributed by atoms with Crippen LogP contribution in [0.2, 0.25) is 0 Å². The van der Waals surface area contributed by atoms with E-state index in [0.717, 1.165) is 11.1 Å². The molecule has 0 saturated heterocycles. The normalized spacial score (nSPS) is 10.2. The van der Waals surface area contributed by atoms with Crippen LogP contribution in [0.1, 0.15) is 5.69 Å². The van der Waals surface area contributed by atoms with Crippen LogP contribution in [0.5, 0.6) is 0 Å².